The van der Waals surface area contributed by atoms with Crippen molar-refractivity contribution in [1.29, 1.82) is 0 Å². The average molecular weight is 302 g/mol. The Kier molecular flexibility index (Phi) is 4.15. The van der Waals surface area contributed by atoms with E-state index in [0.717, 1.165) is 31.4 Å². The summed E-state index contributed by atoms with van der Waals surface area (Å²) in [6.07, 6.45) is 7.99. The van der Waals surface area contributed by atoms with E-state index in [1.165, 1.54) is 12.3 Å². The summed E-state index contributed by atoms with van der Waals surface area (Å²) in [6.45, 7) is 3.10. The van der Waals surface area contributed by atoms with Crippen molar-refractivity contribution >= 4 is 5.91 Å². The van der Waals surface area contributed by atoms with Gasteiger partial charge in [-0.1, -0.05) is 5.16 Å². The maximum absolute atomic E-state index is 11.7. The SMILES string of the molecule is C[C@@]1(c2ncc(CNC(=O)c3ccno3)cn2)CCCCO1. The van der Waals surface area contributed by atoms with E-state index in [1.54, 1.807) is 12.4 Å². The highest BCUT2D eigenvalue weighted by molar-refractivity contribution is 5.91. The number of hydrogen-bond acceptors (Lipinski definition) is 6. The Balaban J connectivity index is 1.61. The van der Waals surface area contributed by atoms with E-state index < -0.39 is 5.60 Å². The van der Waals surface area contributed by atoms with E-state index in [4.69, 9.17) is 9.26 Å². The Morgan fingerprint density at radius 2 is 2.18 bits per heavy atom. The molecule has 2 aromatic rings. The van der Waals surface area contributed by atoms with Crippen LogP contribution in [0.2, 0.25) is 0 Å². The molecule has 22 heavy (non-hydrogen) atoms. The number of aromatic nitrogens is 3. The van der Waals surface area contributed by atoms with Crippen molar-refractivity contribution in [2.45, 2.75) is 38.3 Å². The molecule has 1 N–H and O–H groups in total. The number of rotatable bonds is 4. The van der Waals surface area contributed by atoms with Crippen LogP contribution < -0.4 is 5.32 Å². The zero-order valence-corrected chi connectivity index (χ0v) is 12.4. The lowest BCUT2D eigenvalue weighted by Crippen LogP contribution is -2.32. The van der Waals surface area contributed by atoms with Gasteiger partial charge in [0.1, 0.15) is 5.60 Å². The molecule has 1 amide bonds. The Morgan fingerprint density at radius 3 is 2.82 bits per heavy atom. The molecule has 0 unspecified atom stereocenters. The second kappa shape index (κ2) is 6.23. The van der Waals surface area contributed by atoms with E-state index in [1.807, 2.05) is 6.92 Å². The molecular weight excluding hydrogens is 284 g/mol. The van der Waals surface area contributed by atoms with Gasteiger partial charge in [0.05, 0.1) is 6.20 Å². The Hall–Kier alpha value is -2.28. The first kappa shape index (κ1) is 14.6. The van der Waals surface area contributed by atoms with E-state index in [0.29, 0.717) is 12.4 Å². The van der Waals surface area contributed by atoms with E-state index >= 15 is 0 Å². The van der Waals surface area contributed by atoms with Gasteiger partial charge in [-0.05, 0) is 26.2 Å². The predicted octanol–water partition coefficient (Wildman–Crippen LogP) is 1.81. The number of carbonyl (C=O) groups is 1. The highest BCUT2D eigenvalue weighted by Gasteiger charge is 2.32. The van der Waals surface area contributed by atoms with Crippen molar-refractivity contribution in [1.82, 2.24) is 20.4 Å². The predicted molar refractivity (Wildman–Crippen MR) is 76.9 cm³/mol. The van der Waals surface area contributed by atoms with Crippen molar-refractivity contribution in [2.75, 3.05) is 6.61 Å². The number of hydrogen-bond donors (Lipinski definition) is 1. The van der Waals surface area contributed by atoms with Gasteiger partial charge in [-0.3, -0.25) is 4.79 Å². The fourth-order valence-electron chi connectivity index (χ4n) is 2.43. The van der Waals surface area contributed by atoms with Crippen molar-refractivity contribution in [3.05, 3.63) is 41.8 Å². The lowest BCUT2D eigenvalue weighted by molar-refractivity contribution is -0.0760. The molecule has 7 heteroatoms. The summed E-state index contributed by atoms with van der Waals surface area (Å²) >= 11 is 0. The quantitative estimate of drug-likeness (QED) is 0.926. The number of nitrogens with zero attached hydrogens (tertiary/aromatic N) is 3. The van der Waals surface area contributed by atoms with Gasteiger partial charge in [0.25, 0.3) is 5.91 Å². The first-order valence-corrected chi connectivity index (χ1v) is 7.32. The molecule has 3 rings (SSSR count). The van der Waals surface area contributed by atoms with Gasteiger partial charge in [-0.15, -0.1) is 0 Å². The monoisotopic (exact) mass is 302 g/mol. The summed E-state index contributed by atoms with van der Waals surface area (Å²) in [4.78, 5) is 20.5. The molecule has 1 aliphatic heterocycles. The molecule has 0 saturated carbocycles. The zero-order chi connectivity index (χ0) is 15.4. The van der Waals surface area contributed by atoms with Crippen LogP contribution in [0.5, 0.6) is 0 Å². The van der Waals surface area contributed by atoms with Crippen LogP contribution in [-0.4, -0.2) is 27.6 Å². The second-order valence-corrected chi connectivity index (χ2v) is 5.51. The summed E-state index contributed by atoms with van der Waals surface area (Å²) < 4.78 is 10.6. The number of nitrogens with one attached hydrogen (secondary N) is 1. The van der Waals surface area contributed by atoms with E-state index in [-0.39, 0.29) is 11.7 Å². The first-order valence-electron chi connectivity index (χ1n) is 7.32. The second-order valence-electron chi connectivity index (χ2n) is 5.51. The average Bonchev–Trinajstić information content (AvgIpc) is 3.08. The van der Waals surface area contributed by atoms with Crippen LogP contribution >= 0.6 is 0 Å². The van der Waals surface area contributed by atoms with Gasteiger partial charge >= 0.3 is 0 Å². The van der Waals surface area contributed by atoms with Crippen LogP contribution in [0.25, 0.3) is 0 Å². The van der Waals surface area contributed by atoms with Gasteiger partial charge in [0.15, 0.2) is 5.82 Å². The molecule has 2 aromatic heterocycles. The van der Waals surface area contributed by atoms with E-state index in [9.17, 15) is 4.79 Å². The van der Waals surface area contributed by atoms with Crippen molar-refractivity contribution in [3.63, 3.8) is 0 Å². The largest absolute Gasteiger partial charge is 0.367 e. The molecule has 0 spiro atoms. The van der Waals surface area contributed by atoms with Gasteiger partial charge < -0.3 is 14.6 Å². The van der Waals surface area contributed by atoms with Crippen molar-refractivity contribution < 1.29 is 14.1 Å². The van der Waals surface area contributed by atoms with Crippen LogP contribution in [0.3, 0.4) is 0 Å². The highest BCUT2D eigenvalue weighted by Crippen LogP contribution is 2.32. The topological polar surface area (TPSA) is 90.1 Å². The third-order valence-corrected chi connectivity index (χ3v) is 3.76. The van der Waals surface area contributed by atoms with Gasteiger partial charge in [-0.25, -0.2) is 9.97 Å². The summed E-state index contributed by atoms with van der Waals surface area (Å²) in [5.74, 6) is 0.558. The minimum absolute atomic E-state index is 0.181. The summed E-state index contributed by atoms with van der Waals surface area (Å²) in [5.41, 5.74) is 0.413. The molecule has 116 valence electrons. The molecule has 0 bridgehead atoms. The van der Waals surface area contributed by atoms with E-state index in [2.05, 4.69) is 20.4 Å². The lowest BCUT2D eigenvalue weighted by atomic mass is 9.95. The minimum atomic E-state index is -0.403. The smallest absolute Gasteiger partial charge is 0.290 e. The summed E-state index contributed by atoms with van der Waals surface area (Å²) in [7, 11) is 0. The molecule has 0 radical (unpaired) electrons. The minimum Gasteiger partial charge on any atom is -0.367 e. The number of amides is 1. The van der Waals surface area contributed by atoms with Crippen LogP contribution in [0.4, 0.5) is 0 Å². The van der Waals surface area contributed by atoms with Crippen LogP contribution in [0, 0.1) is 0 Å². The Bertz CT molecular complexity index is 619. The normalized spacial score (nSPS) is 21.5. The maximum Gasteiger partial charge on any atom is 0.290 e. The molecule has 7 nitrogen and oxygen atoms in total. The highest BCUT2D eigenvalue weighted by atomic mass is 16.5. The van der Waals surface area contributed by atoms with Gasteiger partial charge in [0, 0.05) is 37.2 Å². The molecular formula is C15H18N4O3. The fraction of sp³-hybridized carbons (Fsp3) is 0.467. The van der Waals surface area contributed by atoms with Crippen LogP contribution in [0.15, 0.2) is 29.2 Å². The third kappa shape index (κ3) is 3.14. The summed E-state index contributed by atoms with van der Waals surface area (Å²) in [6, 6.07) is 1.51. The molecule has 1 atom stereocenters. The summed E-state index contributed by atoms with van der Waals surface area (Å²) in [5, 5.41) is 6.22. The first-order chi connectivity index (χ1) is 10.7. The maximum atomic E-state index is 11.7. The molecule has 1 fully saturated rings. The van der Waals surface area contributed by atoms with Crippen LogP contribution in [0.1, 0.15) is 48.1 Å². The Morgan fingerprint density at radius 1 is 1.36 bits per heavy atom. The molecule has 3 heterocycles. The van der Waals surface area contributed by atoms with Crippen molar-refractivity contribution in [2.24, 2.45) is 0 Å². The number of ether oxygens (including phenoxy) is 1. The zero-order valence-electron chi connectivity index (χ0n) is 12.4. The molecule has 1 saturated heterocycles. The molecule has 1 aliphatic rings. The van der Waals surface area contributed by atoms with Crippen LogP contribution in [-0.2, 0) is 16.9 Å². The standard InChI is InChI=1S/C15H18N4O3/c1-15(5-2-3-7-21-15)14-17-9-11(10-18-14)8-16-13(20)12-4-6-19-22-12/h4,6,9-10H,2-3,5,7-8H2,1H3,(H,16,20)/t15-/m0/s1. The Labute approximate surface area is 128 Å². The van der Waals surface area contributed by atoms with Gasteiger partial charge in [0.2, 0.25) is 5.76 Å². The number of carbonyl (C=O) groups excluding carboxylic acids is 1. The third-order valence-electron chi connectivity index (χ3n) is 3.76. The fourth-order valence-corrected chi connectivity index (χ4v) is 2.43. The molecule has 0 aliphatic carbocycles. The van der Waals surface area contributed by atoms with Gasteiger partial charge in [-0.2, -0.15) is 0 Å². The molecule has 0 aromatic carbocycles. The lowest BCUT2D eigenvalue weighted by Gasteiger charge is -2.32. The van der Waals surface area contributed by atoms with Crippen molar-refractivity contribution in [3.8, 4) is 0 Å².